The second-order valence-electron chi connectivity index (χ2n) is 7.35. The highest BCUT2D eigenvalue weighted by molar-refractivity contribution is 7.12. The number of amides is 1. The zero-order chi connectivity index (χ0) is 21.1. The molecule has 0 radical (unpaired) electrons. The first-order valence-corrected chi connectivity index (χ1v) is 10.9. The third kappa shape index (κ3) is 4.24. The van der Waals surface area contributed by atoms with Gasteiger partial charge in [0.05, 0.1) is 11.1 Å². The molecule has 0 spiro atoms. The Morgan fingerprint density at radius 3 is 2.73 bits per heavy atom. The summed E-state index contributed by atoms with van der Waals surface area (Å²) >= 11 is 1.46. The minimum Gasteiger partial charge on any atom is -0.489 e. The number of hydrogen-bond donors (Lipinski definition) is 0. The van der Waals surface area contributed by atoms with E-state index in [1.54, 1.807) is 4.90 Å². The summed E-state index contributed by atoms with van der Waals surface area (Å²) in [6.45, 7) is 5.91. The minimum absolute atomic E-state index is 0.0144. The van der Waals surface area contributed by atoms with Crippen LogP contribution >= 0.6 is 11.3 Å². The van der Waals surface area contributed by atoms with Crippen LogP contribution in [0.1, 0.15) is 33.4 Å². The zero-order valence-corrected chi connectivity index (χ0v) is 18.3. The molecule has 154 valence electrons. The van der Waals surface area contributed by atoms with Crippen molar-refractivity contribution in [2.45, 2.75) is 33.5 Å². The van der Waals surface area contributed by atoms with Crippen molar-refractivity contribution >= 4 is 28.0 Å². The fourth-order valence-electron chi connectivity index (χ4n) is 3.46. The molecule has 2 aromatic carbocycles. The molecule has 0 saturated heterocycles. The number of nitrogens with zero attached hydrogens (tertiary/aromatic N) is 3. The van der Waals surface area contributed by atoms with Crippen molar-refractivity contribution in [2.75, 3.05) is 7.05 Å². The molecule has 6 heteroatoms. The Morgan fingerprint density at radius 2 is 1.97 bits per heavy atom. The second-order valence-corrected chi connectivity index (χ2v) is 8.26. The Bertz CT molecular complexity index is 1180. The topological polar surface area (TPSA) is 47.4 Å². The number of carbonyl (C=O) groups excluding carboxylic acids is 1. The summed E-state index contributed by atoms with van der Waals surface area (Å²) < 4.78 is 7.90. The van der Waals surface area contributed by atoms with Crippen LogP contribution in [0, 0.1) is 6.92 Å². The fraction of sp³-hybridized carbons (Fsp3) is 0.250. The van der Waals surface area contributed by atoms with E-state index in [0.717, 1.165) is 39.4 Å². The lowest BCUT2D eigenvalue weighted by molar-refractivity contribution is 0.0789. The van der Waals surface area contributed by atoms with E-state index < -0.39 is 0 Å². The molecule has 0 atom stereocenters. The molecule has 0 aliphatic rings. The quantitative estimate of drug-likeness (QED) is 0.410. The Labute approximate surface area is 180 Å². The SMILES string of the molecule is CCn1ncc(CN(C)C(=O)c2cc(COc3ccc4ccccc4c3)cs2)c1C. The fourth-order valence-corrected chi connectivity index (χ4v) is 4.35. The van der Waals surface area contributed by atoms with E-state index in [1.165, 1.54) is 16.7 Å². The summed E-state index contributed by atoms with van der Waals surface area (Å²) in [5, 5.41) is 8.69. The first-order valence-electron chi connectivity index (χ1n) is 10.0. The van der Waals surface area contributed by atoms with Crippen molar-refractivity contribution in [3.63, 3.8) is 0 Å². The molecule has 0 aliphatic heterocycles. The van der Waals surface area contributed by atoms with E-state index in [1.807, 2.05) is 60.6 Å². The minimum atomic E-state index is 0.0144. The predicted molar refractivity (Wildman–Crippen MR) is 121 cm³/mol. The molecular formula is C24H25N3O2S. The smallest absolute Gasteiger partial charge is 0.263 e. The van der Waals surface area contributed by atoms with Gasteiger partial charge in [-0.1, -0.05) is 30.3 Å². The summed E-state index contributed by atoms with van der Waals surface area (Å²) in [7, 11) is 1.83. The molecule has 1 amide bonds. The number of aryl methyl sites for hydroxylation is 1. The van der Waals surface area contributed by atoms with Gasteiger partial charge in [-0.2, -0.15) is 5.10 Å². The van der Waals surface area contributed by atoms with Gasteiger partial charge in [0.25, 0.3) is 5.91 Å². The monoisotopic (exact) mass is 419 g/mol. The van der Waals surface area contributed by atoms with Crippen molar-refractivity contribution in [1.82, 2.24) is 14.7 Å². The number of rotatable bonds is 7. The summed E-state index contributed by atoms with van der Waals surface area (Å²) in [5.41, 5.74) is 3.18. The van der Waals surface area contributed by atoms with E-state index in [2.05, 4.69) is 30.2 Å². The second kappa shape index (κ2) is 8.71. The summed E-state index contributed by atoms with van der Waals surface area (Å²) in [6, 6.07) is 16.2. The highest BCUT2D eigenvalue weighted by Gasteiger charge is 2.17. The van der Waals surface area contributed by atoms with Crippen molar-refractivity contribution < 1.29 is 9.53 Å². The number of aromatic nitrogens is 2. The van der Waals surface area contributed by atoms with Gasteiger partial charge in [-0.3, -0.25) is 9.48 Å². The highest BCUT2D eigenvalue weighted by atomic mass is 32.1. The number of fused-ring (bicyclic) bond motifs is 1. The maximum absolute atomic E-state index is 12.8. The third-order valence-electron chi connectivity index (χ3n) is 5.25. The van der Waals surface area contributed by atoms with Crippen LogP contribution in [0.2, 0.25) is 0 Å². The first-order chi connectivity index (χ1) is 14.5. The van der Waals surface area contributed by atoms with Gasteiger partial charge in [0.1, 0.15) is 12.4 Å². The predicted octanol–water partition coefficient (Wildman–Crippen LogP) is 5.28. The number of carbonyl (C=O) groups is 1. The molecule has 0 unspecified atom stereocenters. The van der Waals surface area contributed by atoms with Gasteiger partial charge < -0.3 is 9.64 Å². The Hall–Kier alpha value is -3.12. The van der Waals surface area contributed by atoms with Gasteiger partial charge in [0.2, 0.25) is 0 Å². The highest BCUT2D eigenvalue weighted by Crippen LogP contribution is 2.23. The van der Waals surface area contributed by atoms with E-state index in [9.17, 15) is 4.79 Å². The van der Waals surface area contributed by atoms with Crippen molar-refractivity contribution in [3.05, 3.63) is 81.8 Å². The van der Waals surface area contributed by atoms with E-state index in [0.29, 0.717) is 13.2 Å². The van der Waals surface area contributed by atoms with Gasteiger partial charge in [-0.25, -0.2) is 0 Å². The average molecular weight is 420 g/mol. The number of thiophene rings is 1. The van der Waals surface area contributed by atoms with Crippen LogP contribution in [0.25, 0.3) is 10.8 Å². The number of benzene rings is 2. The largest absolute Gasteiger partial charge is 0.489 e. The normalized spacial score (nSPS) is 11.0. The molecule has 30 heavy (non-hydrogen) atoms. The Kier molecular flexibility index (Phi) is 5.86. The van der Waals surface area contributed by atoms with Crippen LogP contribution in [-0.2, 0) is 19.7 Å². The van der Waals surface area contributed by atoms with Crippen molar-refractivity contribution in [1.29, 1.82) is 0 Å². The molecular weight excluding hydrogens is 394 g/mol. The Balaban J connectivity index is 1.38. The molecule has 0 bridgehead atoms. The van der Waals surface area contributed by atoms with Gasteiger partial charge in [-0.15, -0.1) is 11.3 Å². The first kappa shape index (κ1) is 20.2. The summed E-state index contributed by atoms with van der Waals surface area (Å²) in [5.74, 6) is 0.842. The van der Waals surface area contributed by atoms with Crippen LogP contribution in [-0.4, -0.2) is 27.6 Å². The van der Waals surface area contributed by atoms with E-state index in [4.69, 9.17) is 4.74 Å². The molecule has 0 saturated carbocycles. The van der Waals surface area contributed by atoms with Crippen LogP contribution in [0.4, 0.5) is 0 Å². The van der Waals surface area contributed by atoms with E-state index >= 15 is 0 Å². The summed E-state index contributed by atoms with van der Waals surface area (Å²) in [4.78, 5) is 15.3. The van der Waals surface area contributed by atoms with Crippen LogP contribution in [0.15, 0.2) is 60.1 Å². The number of ether oxygens (including phenoxy) is 1. The molecule has 2 aromatic heterocycles. The van der Waals surface area contributed by atoms with Gasteiger partial charge >= 0.3 is 0 Å². The summed E-state index contributed by atoms with van der Waals surface area (Å²) in [6.07, 6.45) is 1.85. The lowest BCUT2D eigenvalue weighted by Crippen LogP contribution is -2.25. The van der Waals surface area contributed by atoms with Crippen molar-refractivity contribution in [3.8, 4) is 5.75 Å². The van der Waals surface area contributed by atoms with Gasteiger partial charge in [0.15, 0.2) is 0 Å². The standard InChI is InChI=1S/C24H25N3O2S/c1-4-27-17(2)21(13-25-27)14-26(3)24(28)23-11-18(16-30-23)15-29-22-10-9-19-7-5-6-8-20(19)12-22/h5-13,16H,4,14-15H2,1-3H3. The molecule has 4 rings (SSSR count). The Morgan fingerprint density at radius 1 is 1.17 bits per heavy atom. The van der Waals surface area contributed by atoms with Crippen LogP contribution in [0.3, 0.4) is 0 Å². The molecule has 0 fully saturated rings. The maximum atomic E-state index is 12.8. The average Bonchev–Trinajstić information content (AvgIpc) is 3.38. The zero-order valence-electron chi connectivity index (χ0n) is 17.5. The molecule has 5 nitrogen and oxygen atoms in total. The third-order valence-corrected chi connectivity index (χ3v) is 6.22. The van der Waals surface area contributed by atoms with Crippen LogP contribution in [0.5, 0.6) is 5.75 Å². The molecule has 2 heterocycles. The van der Waals surface area contributed by atoms with Crippen molar-refractivity contribution in [2.24, 2.45) is 0 Å². The van der Waals surface area contributed by atoms with Crippen LogP contribution < -0.4 is 4.74 Å². The molecule has 0 aliphatic carbocycles. The lowest BCUT2D eigenvalue weighted by Gasteiger charge is -2.16. The lowest BCUT2D eigenvalue weighted by atomic mass is 10.1. The van der Waals surface area contributed by atoms with E-state index in [-0.39, 0.29) is 5.91 Å². The number of hydrogen-bond acceptors (Lipinski definition) is 4. The molecule has 0 N–H and O–H groups in total. The maximum Gasteiger partial charge on any atom is 0.263 e. The molecule has 4 aromatic rings. The van der Waals surface area contributed by atoms with Gasteiger partial charge in [-0.05, 0) is 48.2 Å². The van der Waals surface area contributed by atoms with Gasteiger partial charge in [0, 0.05) is 37.0 Å².